The van der Waals surface area contributed by atoms with Gasteiger partial charge in [0.25, 0.3) is 0 Å². The summed E-state index contributed by atoms with van der Waals surface area (Å²) in [6.45, 7) is 1.09. The van der Waals surface area contributed by atoms with Crippen molar-refractivity contribution in [3.05, 3.63) is 34.9 Å². The number of carbonyl (C=O) groups excluding carboxylic acids is 1. The van der Waals surface area contributed by atoms with Crippen LogP contribution in [0.2, 0.25) is 5.02 Å². The molecule has 1 aromatic carbocycles. The highest BCUT2D eigenvalue weighted by Gasteiger charge is 2.35. The molecule has 20 heavy (non-hydrogen) atoms. The van der Waals surface area contributed by atoms with Gasteiger partial charge in [-0.15, -0.1) is 12.4 Å². The van der Waals surface area contributed by atoms with Gasteiger partial charge in [0.2, 0.25) is 5.91 Å². The first kappa shape index (κ1) is 17.3. The minimum atomic E-state index is 0. The van der Waals surface area contributed by atoms with Crippen LogP contribution in [0, 0.1) is 0 Å². The van der Waals surface area contributed by atoms with Crippen molar-refractivity contribution >= 4 is 29.9 Å². The van der Waals surface area contributed by atoms with Crippen LogP contribution in [0.25, 0.3) is 0 Å². The zero-order chi connectivity index (χ0) is 13.7. The van der Waals surface area contributed by atoms with Crippen molar-refractivity contribution in [2.75, 3.05) is 13.1 Å². The van der Waals surface area contributed by atoms with Crippen LogP contribution in [0.15, 0.2) is 24.3 Å². The normalized spacial score (nSPS) is 16.5. The Morgan fingerprint density at radius 2 is 2.05 bits per heavy atom. The Balaban J connectivity index is 0.00000200. The summed E-state index contributed by atoms with van der Waals surface area (Å²) in [6.07, 6.45) is 5.02. The Morgan fingerprint density at radius 3 is 2.65 bits per heavy atom. The summed E-state index contributed by atoms with van der Waals surface area (Å²) in [6, 6.07) is 8.02. The van der Waals surface area contributed by atoms with Gasteiger partial charge in [-0.1, -0.05) is 36.6 Å². The number of carbonyl (C=O) groups is 1. The molecule has 0 bridgehead atoms. The second-order valence-corrected chi connectivity index (χ2v) is 5.75. The lowest BCUT2D eigenvalue weighted by Crippen LogP contribution is -2.39. The van der Waals surface area contributed by atoms with Crippen molar-refractivity contribution in [3.8, 4) is 0 Å². The van der Waals surface area contributed by atoms with E-state index in [0.717, 1.165) is 17.9 Å². The third-order valence-corrected chi connectivity index (χ3v) is 4.23. The molecule has 0 aliphatic heterocycles. The maximum atomic E-state index is 11.6. The lowest BCUT2D eigenvalue weighted by atomic mass is 9.79. The van der Waals surface area contributed by atoms with E-state index in [2.05, 4.69) is 11.4 Å². The highest BCUT2D eigenvalue weighted by Crippen LogP contribution is 2.41. The molecule has 0 saturated heterocycles. The van der Waals surface area contributed by atoms with Gasteiger partial charge in [-0.25, -0.2) is 0 Å². The molecule has 0 heterocycles. The fraction of sp³-hybridized carbons (Fsp3) is 0.533. The number of nitrogens with one attached hydrogen (secondary N) is 1. The number of benzene rings is 1. The maximum Gasteiger partial charge on any atom is 0.221 e. The molecule has 3 nitrogen and oxygen atoms in total. The predicted octanol–water partition coefficient (Wildman–Crippen LogP) is 3.04. The Kier molecular flexibility index (Phi) is 6.80. The van der Waals surface area contributed by atoms with Crippen LogP contribution in [0.3, 0.4) is 0 Å². The van der Waals surface area contributed by atoms with Gasteiger partial charge in [0.1, 0.15) is 0 Å². The number of halogens is 2. The molecule has 1 amide bonds. The van der Waals surface area contributed by atoms with Crippen molar-refractivity contribution < 1.29 is 4.79 Å². The van der Waals surface area contributed by atoms with Gasteiger partial charge in [0.05, 0.1) is 0 Å². The minimum Gasteiger partial charge on any atom is -0.355 e. The summed E-state index contributed by atoms with van der Waals surface area (Å²) in [4.78, 5) is 11.6. The largest absolute Gasteiger partial charge is 0.355 e. The molecule has 1 aromatic rings. The Hall–Kier alpha value is -0.770. The van der Waals surface area contributed by atoms with E-state index < -0.39 is 0 Å². The highest BCUT2D eigenvalue weighted by molar-refractivity contribution is 6.30. The predicted molar refractivity (Wildman–Crippen MR) is 85.5 cm³/mol. The van der Waals surface area contributed by atoms with Gasteiger partial charge < -0.3 is 11.1 Å². The fourth-order valence-electron chi connectivity index (χ4n) is 2.92. The number of hydrogen-bond acceptors (Lipinski definition) is 2. The number of rotatable bonds is 5. The Labute approximate surface area is 131 Å². The van der Waals surface area contributed by atoms with Crippen LogP contribution >= 0.6 is 24.0 Å². The summed E-state index contributed by atoms with van der Waals surface area (Å²) < 4.78 is 0. The summed E-state index contributed by atoms with van der Waals surface area (Å²) in [7, 11) is 0. The van der Waals surface area contributed by atoms with E-state index >= 15 is 0 Å². The number of hydrogen-bond donors (Lipinski definition) is 2. The van der Waals surface area contributed by atoms with Gasteiger partial charge in [-0.2, -0.15) is 0 Å². The first-order chi connectivity index (χ1) is 9.16. The molecular formula is C15H22Cl2N2O. The van der Waals surface area contributed by atoms with E-state index in [0.29, 0.717) is 19.5 Å². The smallest absolute Gasteiger partial charge is 0.221 e. The van der Waals surface area contributed by atoms with Gasteiger partial charge in [-0.05, 0) is 30.5 Å². The van der Waals surface area contributed by atoms with Crippen LogP contribution in [-0.2, 0) is 10.2 Å². The van der Waals surface area contributed by atoms with Crippen molar-refractivity contribution in [2.45, 2.75) is 37.5 Å². The van der Waals surface area contributed by atoms with Crippen molar-refractivity contribution in [1.29, 1.82) is 0 Å². The summed E-state index contributed by atoms with van der Waals surface area (Å²) >= 11 is 6.09. The van der Waals surface area contributed by atoms with E-state index in [1.807, 2.05) is 18.2 Å². The lowest BCUT2D eigenvalue weighted by Gasteiger charge is -2.30. The third-order valence-electron chi connectivity index (χ3n) is 3.99. The van der Waals surface area contributed by atoms with E-state index in [1.165, 1.54) is 18.4 Å². The van der Waals surface area contributed by atoms with E-state index in [1.54, 1.807) is 0 Å². The number of amides is 1. The van der Waals surface area contributed by atoms with Gasteiger partial charge in [0, 0.05) is 29.9 Å². The van der Waals surface area contributed by atoms with Crippen LogP contribution in [0.1, 0.15) is 37.7 Å². The Bertz CT molecular complexity index is 445. The molecule has 1 aliphatic rings. The number of nitrogens with two attached hydrogens (primary N) is 1. The second kappa shape index (κ2) is 7.87. The molecule has 3 N–H and O–H groups in total. The van der Waals surface area contributed by atoms with E-state index in [9.17, 15) is 4.79 Å². The zero-order valence-electron chi connectivity index (χ0n) is 11.5. The summed E-state index contributed by atoms with van der Waals surface area (Å²) in [5.74, 6) is 0.0378. The molecule has 0 radical (unpaired) electrons. The molecule has 0 unspecified atom stereocenters. The zero-order valence-corrected chi connectivity index (χ0v) is 13.1. The lowest BCUT2D eigenvalue weighted by molar-refractivity contribution is -0.121. The average molecular weight is 317 g/mol. The summed E-state index contributed by atoms with van der Waals surface area (Å²) in [5.41, 5.74) is 6.69. The Morgan fingerprint density at radius 1 is 1.35 bits per heavy atom. The molecule has 112 valence electrons. The molecular weight excluding hydrogens is 295 g/mol. The molecule has 5 heteroatoms. The van der Waals surface area contributed by atoms with Crippen molar-refractivity contribution in [2.24, 2.45) is 5.73 Å². The molecule has 1 saturated carbocycles. The SMILES string of the molecule is Cl.NCCC(=O)NCC1(c2cccc(Cl)c2)CCCC1. The molecule has 1 aliphatic carbocycles. The van der Waals surface area contributed by atoms with Gasteiger partial charge >= 0.3 is 0 Å². The van der Waals surface area contributed by atoms with E-state index in [-0.39, 0.29) is 23.7 Å². The van der Waals surface area contributed by atoms with Gasteiger partial charge in [0.15, 0.2) is 0 Å². The highest BCUT2D eigenvalue weighted by atomic mass is 35.5. The molecule has 0 atom stereocenters. The fourth-order valence-corrected chi connectivity index (χ4v) is 3.12. The van der Waals surface area contributed by atoms with Crippen LogP contribution < -0.4 is 11.1 Å². The molecule has 0 aromatic heterocycles. The standard InChI is InChI=1S/C15H21ClN2O.ClH/c16-13-5-3-4-12(10-13)15(7-1-2-8-15)11-18-14(19)6-9-17;/h3-5,10H,1-2,6-9,11,17H2,(H,18,19);1H. The van der Waals surface area contributed by atoms with E-state index in [4.69, 9.17) is 17.3 Å². The minimum absolute atomic E-state index is 0. The quantitative estimate of drug-likeness (QED) is 0.877. The van der Waals surface area contributed by atoms with Crippen LogP contribution in [0.5, 0.6) is 0 Å². The van der Waals surface area contributed by atoms with Crippen molar-refractivity contribution in [3.63, 3.8) is 0 Å². The summed E-state index contributed by atoms with van der Waals surface area (Å²) in [5, 5.41) is 3.78. The molecule has 2 rings (SSSR count). The third kappa shape index (κ3) is 4.11. The van der Waals surface area contributed by atoms with Crippen molar-refractivity contribution in [1.82, 2.24) is 5.32 Å². The first-order valence-electron chi connectivity index (χ1n) is 6.89. The second-order valence-electron chi connectivity index (χ2n) is 5.31. The maximum absolute atomic E-state index is 11.6. The average Bonchev–Trinajstić information content (AvgIpc) is 2.87. The molecule has 1 fully saturated rings. The monoisotopic (exact) mass is 316 g/mol. The van der Waals surface area contributed by atoms with Crippen LogP contribution in [0.4, 0.5) is 0 Å². The first-order valence-corrected chi connectivity index (χ1v) is 7.27. The topological polar surface area (TPSA) is 55.1 Å². The van der Waals surface area contributed by atoms with Crippen LogP contribution in [-0.4, -0.2) is 19.0 Å². The van der Waals surface area contributed by atoms with Gasteiger partial charge in [-0.3, -0.25) is 4.79 Å². The molecule has 0 spiro atoms.